The van der Waals surface area contributed by atoms with Crippen LogP contribution in [0, 0.1) is 0 Å². The Bertz CT molecular complexity index is 580. The highest BCUT2D eigenvalue weighted by Crippen LogP contribution is 2.08. The molecule has 2 aromatic rings. The molecule has 6 heteroatoms. The molecule has 5 nitrogen and oxygen atoms in total. The lowest BCUT2D eigenvalue weighted by atomic mass is 10.2. The number of nitrogens with zero attached hydrogens (tertiary/aromatic N) is 3. The Balaban J connectivity index is 0.00000264. The fourth-order valence-corrected chi connectivity index (χ4v) is 2.16. The molecule has 0 bridgehead atoms. The summed E-state index contributed by atoms with van der Waals surface area (Å²) in [6.07, 6.45) is 8.70. The predicted octanol–water partition coefficient (Wildman–Crippen LogP) is 3.47. The third kappa shape index (κ3) is 7.02. The summed E-state index contributed by atoms with van der Waals surface area (Å²) in [6, 6.07) is 10.0. The summed E-state index contributed by atoms with van der Waals surface area (Å²) in [5.74, 6) is 0.504. The average molecular weight is 427 g/mol. The maximum atomic E-state index is 5.87. The Hall–Kier alpha value is -1.57. The van der Waals surface area contributed by atoms with E-state index in [4.69, 9.17) is 5.73 Å². The van der Waals surface area contributed by atoms with Crippen molar-refractivity contribution in [2.75, 3.05) is 6.54 Å². The van der Waals surface area contributed by atoms with Crippen LogP contribution >= 0.6 is 24.0 Å². The van der Waals surface area contributed by atoms with Crippen LogP contribution in [-0.4, -0.2) is 22.3 Å². The van der Waals surface area contributed by atoms with Crippen LogP contribution in [0.25, 0.3) is 5.69 Å². The summed E-state index contributed by atoms with van der Waals surface area (Å²) >= 11 is 0. The summed E-state index contributed by atoms with van der Waals surface area (Å²) in [4.78, 5) is 4.35. The van der Waals surface area contributed by atoms with Gasteiger partial charge in [-0.1, -0.05) is 44.4 Å². The molecule has 126 valence electrons. The molecule has 1 heterocycles. The number of guanidine groups is 1. The highest BCUT2D eigenvalue weighted by atomic mass is 127. The van der Waals surface area contributed by atoms with Crippen molar-refractivity contribution < 1.29 is 0 Å². The van der Waals surface area contributed by atoms with Crippen LogP contribution in [0.3, 0.4) is 0 Å². The number of unbranched alkanes of at least 4 members (excludes halogenated alkanes) is 3. The number of hydrogen-bond donors (Lipinski definition) is 2. The smallest absolute Gasteiger partial charge is 0.188 e. The van der Waals surface area contributed by atoms with Crippen molar-refractivity contribution >= 4 is 29.9 Å². The highest BCUT2D eigenvalue weighted by molar-refractivity contribution is 14.0. The molecule has 1 aromatic heterocycles. The van der Waals surface area contributed by atoms with Crippen LogP contribution < -0.4 is 11.1 Å². The Morgan fingerprint density at radius 2 is 2.00 bits per heavy atom. The molecule has 0 fully saturated rings. The van der Waals surface area contributed by atoms with E-state index in [9.17, 15) is 0 Å². The molecule has 0 aliphatic carbocycles. The van der Waals surface area contributed by atoms with Crippen LogP contribution in [0.2, 0.25) is 0 Å². The van der Waals surface area contributed by atoms with Gasteiger partial charge in [0.05, 0.1) is 18.4 Å². The first-order valence-corrected chi connectivity index (χ1v) is 7.92. The van der Waals surface area contributed by atoms with Gasteiger partial charge < -0.3 is 11.1 Å². The number of para-hydroxylation sites is 1. The van der Waals surface area contributed by atoms with Gasteiger partial charge in [0.25, 0.3) is 0 Å². The normalized spacial score (nSPS) is 11.1. The van der Waals surface area contributed by atoms with Gasteiger partial charge in [0.2, 0.25) is 0 Å². The molecule has 0 unspecified atom stereocenters. The SMILES string of the molecule is CCCCCCNC(N)=NCc1cnn(-c2ccccc2)c1.I. The number of nitrogens with one attached hydrogen (secondary N) is 1. The zero-order chi connectivity index (χ0) is 15.6. The molecule has 0 saturated carbocycles. The number of halogens is 1. The Kier molecular flexibility index (Phi) is 9.35. The minimum atomic E-state index is 0. The highest BCUT2D eigenvalue weighted by Gasteiger charge is 2.00. The van der Waals surface area contributed by atoms with E-state index < -0.39 is 0 Å². The van der Waals surface area contributed by atoms with Crippen molar-refractivity contribution in [3.05, 3.63) is 48.3 Å². The van der Waals surface area contributed by atoms with E-state index in [1.54, 1.807) is 0 Å². The largest absolute Gasteiger partial charge is 0.370 e. The monoisotopic (exact) mass is 427 g/mol. The van der Waals surface area contributed by atoms with Crippen molar-refractivity contribution in [3.63, 3.8) is 0 Å². The van der Waals surface area contributed by atoms with E-state index >= 15 is 0 Å². The molecule has 0 saturated heterocycles. The van der Waals surface area contributed by atoms with Gasteiger partial charge in [0, 0.05) is 18.3 Å². The van der Waals surface area contributed by atoms with Gasteiger partial charge in [-0.25, -0.2) is 9.67 Å². The van der Waals surface area contributed by atoms with E-state index in [2.05, 4.69) is 22.3 Å². The lowest BCUT2D eigenvalue weighted by Crippen LogP contribution is -2.32. The van der Waals surface area contributed by atoms with Crippen LogP contribution in [-0.2, 0) is 6.54 Å². The minimum absolute atomic E-state index is 0. The fourth-order valence-electron chi connectivity index (χ4n) is 2.16. The Labute approximate surface area is 155 Å². The van der Waals surface area contributed by atoms with Crippen molar-refractivity contribution in [2.24, 2.45) is 10.7 Å². The van der Waals surface area contributed by atoms with Crippen LogP contribution in [0.5, 0.6) is 0 Å². The van der Waals surface area contributed by atoms with Gasteiger partial charge in [-0.15, -0.1) is 24.0 Å². The van der Waals surface area contributed by atoms with Gasteiger partial charge in [-0.2, -0.15) is 5.10 Å². The molecule has 0 radical (unpaired) electrons. The quantitative estimate of drug-likeness (QED) is 0.293. The first-order chi connectivity index (χ1) is 10.8. The van der Waals surface area contributed by atoms with Crippen molar-refractivity contribution in [1.82, 2.24) is 15.1 Å². The molecule has 2 rings (SSSR count). The zero-order valence-corrected chi connectivity index (χ0v) is 15.9. The number of benzene rings is 1. The van der Waals surface area contributed by atoms with Gasteiger partial charge in [-0.3, -0.25) is 0 Å². The lowest BCUT2D eigenvalue weighted by Gasteiger charge is -2.04. The molecule has 0 aliphatic heterocycles. The van der Waals surface area contributed by atoms with E-state index in [1.807, 2.05) is 47.4 Å². The van der Waals surface area contributed by atoms with Gasteiger partial charge >= 0.3 is 0 Å². The summed E-state index contributed by atoms with van der Waals surface area (Å²) in [7, 11) is 0. The van der Waals surface area contributed by atoms with E-state index in [0.29, 0.717) is 12.5 Å². The second-order valence-electron chi connectivity index (χ2n) is 5.32. The maximum absolute atomic E-state index is 5.87. The third-order valence-corrected chi connectivity index (χ3v) is 3.43. The van der Waals surface area contributed by atoms with Crippen LogP contribution in [0.4, 0.5) is 0 Å². The van der Waals surface area contributed by atoms with Crippen molar-refractivity contribution in [1.29, 1.82) is 0 Å². The molecular formula is C17H26IN5. The van der Waals surface area contributed by atoms with Crippen molar-refractivity contribution in [2.45, 2.75) is 39.2 Å². The molecule has 0 amide bonds. The van der Waals surface area contributed by atoms with Gasteiger partial charge in [-0.05, 0) is 18.6 Å². The molecule has 3 N–H and O–H groups in total. The predicted molar refractivity (Wildman–Crippen MR) is 106 cm³/mol. The average Bonchev–Trinajstić information content (AvgIpc) is 3.02. The summed E-state index contributed by atoms with van der Waals surface area (Å²) in [6.45, 7) is 3.64. The van der Waals surface area contributed by atoms with Crippen LogP contribution in [0.15, 0.2) is 47.7 Å². The molecule has 1 aromatic carbocycles. The molecule has 0 aliphatic rings. The molecule has 0 spiro atoms. The maximum Gasteiger partial charge on any atom is 0.188 e. The topological polar surface area (TPSA) is 68.2 Å². The summed E-state index contributed by atoms with van der Waals surface area (Å²) in [5.41, 5.74) is 7.95. The second kappa shape index (κ2) is 11.0. The molecule has 0 atom stereocenters. The first-order valence-electron chi connectivity index (χ1n) is 7.92. The summed E-state index contributed by atoms with van der Waals surface area (Å²) in [5, 5.41) is 7.50. The van der Waals surface area contributed by atoms with E-state index in [0.717, 1.165) is 24.2 Å². The van der Waals surface area contributed by atoms with Crippen molar-refractivity contribution in [3.8, 4) is 5.69 Å². The summed E-state index contributed by atoms with van der Waals surface area (Å²) < 4.78 is 1.85. The fraction of sp³-hybridized carbons (Fsp3) is 0.412. The van der Waals surface area contributed by atoms with Crippen LogP contribution in [0.1, 0.15) is 38.2 Å². The van der Waals surface area contributed by atoms with Gasteiger partial charge in [0.15, 0.2) is 5.96 Å². The first kappa shape index (κ1) is 19.5. The zero-order valence-electron chi connectivity index (χ0n) is 13.6. The number of rotatable bonds is 8. The Morgan fingerprint density at radius 1 is 1.22 bits per heavy atom. The lowest BCUT2D eigenvalue weighted by molar-refractivity contribution is 0.652. The van der Waals surface area contributed by atoms with E-state index in [-0.39, 0.29) is 24.0 Å². The standard InChI is InChI=1S/C17H25N5.HI/c1-2-3-4-8-11-19-17(18)20-12-15-13-21-22(14-15)16-9-6-5-7-10-16;/h5-7,9-10,13-14H,2-4,8,11-12H2,1H3,(H3,18,19,20);1H. The second-order valence-corrected chi connectivity index (χ2v) is 5.32. The number of aromatic nitrogens is 2. The third-order valence-electron chi connectivity index (χ3n) is 3.43. The molecule has 23 heavy (non-hydrogen) atoms. The Morgan fingerprint density at radius 3 is 2.74 bits per heavy atom. The molecular weight excluding hydrogens is 401 g/mol. The number of hydrogen-bond acceptors (Lipinski definition) is 2. The number of nitrogens with two attached hydrogens (primary N) is 1. The number of aliphatic imine (C=N–C) groups is 1. The van der Waals surface area contributed by atoms with E-state index in [1.165, 1.54) is 19.3 Å². The van der Waals surface area contributed by atoms with Gasteiger partial charge in [0.1, 0.15) is 0 Å². The minimum Gasteiger partial charge on any atom is -0.370 e.